The Hall–Kier alpha value is -4.18. The molecule has 0 bridgehead atoms. The number of hydrogen-bond acceptors (Lipinski definition) is 6. The van der Waals surface area contributed by atoms with E-state index in [0.717, 1.165) is 27.3 Å². The van der Waals surface area contributed by atoms with Crippen LogP contribution in [-0.4, -0.2) is 45.9 Å². The number of hydrogen-bond donors (Lipinski definition) is 2. The van der Waals surface area contributed by atoms with Crippen molar-refractivity contribution in [2.75, 3.05) is 29.0 Å². The number of anilines is 2. The normalized spacial score (nSPS) is 11.2. The second-order valence-electron chi connectivity index (χ2n) is 8.55. The van der Waals surface area contributed by atoms with E-state index in [1.54, 1.807) is 36.4 Å². The summed E-state index contributed by atoms with van der Waals surface area (Å²) < 4.78 is 31.2. The molecular weight excluding hydrogens is 492 g/mol. The molecule has 3 aromatic rings. The van der Waals surface area contributed by atoms with Crippen molar-refractivity contribution in [2.45, 2.75) is 20.8 Å². The number of aryl methyl sites for hydroxylation is 2. The number of carbonyl (C=O) groups is 2. The van der Waals surface area contributed by atoms with Gasteiger partial charge in [0.2, 0.25) is 10.0 Å². The van der Waals surface area contributed by atoms with E-state index in [1.165, 1.54) is 6.21 Å². The van der Waals surface area contributed by atoms with Crippen molar-refractivity contribution >= 4 is 39.4 Å². The zero-order chi connectivity index (χ0) is 27.0. The molecule has 0 spiro atoms. The van der Waals surface area contributed by atoms with Crippen molar-refractivity contribution < 1.29 is 22.7 Å². The van der Waals surface area contributed by atoms with E-state index in [4.69, 9.17) is 4.74 Å². The van der Waals surface area contributed by atoms with Crippen molar-refractivity contribution in [3.05, 3.63) is 89.0 Å². The monoisotopic (exact) mass is 522 g/mol. The van der Waals surface area contributed by atoms with E-state index in [9.17, 15) is 18.0 Å². The molecule has 2 amide bonds. The highest BCUT2D eigenvalue weighted by molar-refractivity contribution is 7.92. The van der Waals surface area contributed by atoms with Crippen molar-refractivity contribution in [1.29, 1.82) is 0 Å². The molecule has 0 aliphatic rings. The highest BCUT2D eigenvalue weighted by atomic mass is 32.2. The number of nitrogens with one attached hydrogen (secondary N) is 2. The Morgan fingerprint density at radius 2 is 1.62 bits per heavy atom. The Morgan fingerprint density at radius 3 is 2.27 bits per heavy atom. The van der Waals surface area contributed by atoms with Gasteiger partial charge in [0.25, 0.3) is 11.8 Å². The fourth-order valence-corrected chi connectivity index (χ4v) is 4.27. The van der Waals surface area contributed by atoms with Gasteiger partial charge in [0.05, 0.1) is 18.2 Å². The fraction of sp³-hybridized carbons (Fsp3) is 0.222. The lowest BCUT2D eigenvalue weighted by Gasteiger charge is -2.23. The number of rotatable bonds is 10. The minimum absolute atomic E-state index is 0.144. The van der Waals surface area contributed by atoms with Crippen molar-refractivity contribution in [2.24, 2.45) is 5.10 Å². The molecule has 2 N–H and O–H groups in total. The van der Waals surface area contributed by atoms with E-state index in [1.807, 2.05) is 51.1 Å². The average Bonchev–Trinajstić information content (AvgIpc) is 2.85. The smallest absolute Gasteiger partial charge is 0.262 e. The molecule has 3 rings (SSSR count). The van der Waals surface area contributed by atoms with Crippen molar-refractivity contribution in [3.63, 3.8) is 0 Å². The van der Waals surface area contributed by atoms with Crippen LogP contribution in [0.15, 0.2) is 71.8 Å². The first-order valence-corrected chi connectivity index (χ1v) is 13.3. The van der Waals surface area contributed by atoms with Crippen molar-refractivity contribution in [3.8, 4) is 5.75 Å². The number of ether oxygens (including phenoxy) is 1. The number of carbonyl (C=O) groups excluding carboxylic acids is 2. The Morgan fingerprint density at radius 1 is 0.946 bits per heavy atom. The summed E-state index contributed by atoms with van der Waals surface area (Å²) >= 11 is 0. The van der Waals surface area contributed by atoms with Crippen LogP contribution >= 0.6 is 0 Å². The van der Waals surface area contributed by atoms with Gasteiger partial charge < -0.3 is 10.1 Å². The number of sulfonamides is 1. The Labute approximate surface area is 217 Å². The molecule has 0 aliphatic heterocycles. The summed E-state index contributed by atoms with van der Waals surface area (Å²) in [5.74, 6) is -0.360. The molecule has 0 fully saturated rings. The summed E-state index contributed by atoms with van der Waals surface area (Å²) in [6.45, 7) is 5.10. The molecule has 37 heavy (non-hydrogen) atoms. The molecular formula is C27H30N4O5S. The predicted molar refractivity (Wildman–Crippen MR) is 146 cm³/mol. The van der Waals surface area contributed by atoms with Gasteiger partial charge >= 0.3 is 0 Å². The summed E-state index contributed by atoms with van der Waals surface area (Å²) in [5.41, 5.74) is 6.98. The third kappa shape index (κ3) is 8.18. The van der Waals surface area contributed by atoms with Gasteiger partial charge in [-0.05, 0) is 79.9 Å². The molecule has 0 aromatic heterocycles. The molecule has 0 saturated carbocycles. The first kappa shape index (κ1) is 27.4. The largest absolute Gasteiger partial charge is 0.484 e. The Balaban J connectivity index is 1.51. The molecule has 10 heteroatoms. The lowest BCUT2D eigenvalue weighted by molar-refractivity contribution is -0.119. The second-order valence-corrected chi connectivity index (χ2v) is 10.5. The second kappa shape index (κ2) is 12.2. The SMILES string of the molecule is Cc1ccc(NC(=O)COc2ccc(/C=N\NC(=O)CN(c3cccc(C)c3C)S(C)(=O)=O)cc2)cc1. The third-order valence-corrected chi connectivity index (χ3v) is 6.65. The van der Waals surface area contributed by atoms with Gasteiger partial charge in [-0.1, -0.05) is 29.8 Å². The van der Waals surface area contributed by atoms with Crippen LogP contribution in [-0.2, 0) is 19.6 Å². The van der Waals surface area contributed by atoms with Crippen LogP contribution in [0, 0.1) is 20.8 Å². The van der Waals surface area contributed by atoms with Crippen LogP contribution in [0.4, 0.5) is 11.4 Å². The molecule has 0 atom stereocenters. The Bertz CT molecular complexity index is 1390. The number of hydrazone groups is 1. The number of nitrogens with zero attached hydrogens (tertiary/aromatic N) is 2. The molecule has 0 saturated heterocycles. The van der Waals surface area contributed by atoms with Crippen LogP contribution in [0.1, 0.15) is 22.3 Å². The van der Waals surface area contributed by atoms with Gasteiger partial charge in [-0.15, -0.1) is 0 Å². The summed E-state index contributed by atoms with van der Waals surface area (Å²) in [4.78, 5) is 24.5. The molecule has 0 heterocycles. The van der Waals surface area contributed by atoms with E-state index in [-0.39, 0.29) is 12.5 Å². The first-order valence-electron chi connectivity index (χ1n) is 11.5. The number of benzene rings is 3. The van der Waals surface area contributed by atoms with E-state index in [0.29, 0.717) is 22.7 Å². The summed E-state index contributed by atoms with van der Waals surface area (Å²) in [7, 11) is -3.69. The van der Waals surface area contributed by atoms with E-state index >= 15 is 0 Å². The lowest BCUT2D eigenvalue weighted by Crippen LogP contribution is -2.39. The average molecular weight is 523 g/mol. The minimum Gasteiger partial charge on any atom is -0.484 e. The van der Waals surface area contributed by atoms with Gasteiger partial charge in [0.1, 0.15) is 12.3 Å². The Kier molecular flexibility index (Phi) is 9.02. The standard InChI is InChI=1S/C27H30N4O5S/c1-19-8-12-23(13-9-19)29-27(33)18-36-24-14-10-22(11-15-24)16-28-30-26(32)17-31(37(4,34)35)25-7-5-6-20(2)21(25)3/h5-16H,17-18H2,1-4H3,(H,29,33)(H,30,32)/b28-16-. The van der Waals surface area contributed by atoms with Gasteiger partial charge in [0, 0.05) is 5.69 Å². The molecule has 0 aliphatic carbocycles. The fourth-order valence-electron chi connectivity index (χ4n) is 3.36. The molecule has 194 valence electrons. The maximum Gasteiger partial charge on any atom is 0.262 e. The van der Waals surface area contributed by atoms with Gasteiger partial charge in [-0.25, -0.2) is 13.8 Å². The van der Waals surface area contributed by atoms with Gasteiger partial charge in [0.15, 0.2) is 6.61 Å². The van der Waals surface area contributed by atoms with Crippen LogP contribution in [0.25, 0.3) is 0 Å². The lowest BCUT2D eigenvalue weighted by atomic mass is 10.1. The highest BCUT2D eigenvalue weighted by Crippen LogP contribution is 2.24. The molecule has 0 unspecified atom stereocenters. The summed E-state index contributed by atoms with van der Waals surface area (Å²) in [6, 6.07) is 19.5. The van der Waals surface area contributed by atoms with Crippen molar-refractivity contribution in [1.82, 2.24) is 5.43 Å². The summed E-state index contributed by atoms with van der Waals surface area (Å²) in [5, 5.41) is 6.68. The zero-order valence-corrected chi connectivity index (χ0v) is 22.0. The van der Waals surface area contributed by atoms with Crippen LogP contribution in [0.5, 0.6) is 5.75 Å². The summed E-state index contributed by atoms with van der Waals surface area (Å²) in [6.07, 6.45) is 2.48. The van der Waals surface area contributed by atoms with Crippen LogP contribution < -0.4 is 19.8 Å². The molecule has 3 aromatic carbocycles. The van der Waals surface area contributed by atoms with Crippen LogP contribution in [0.3, 0.4) is 0 Å². The predicted octanol–water partition coefficient (Wildman–Crippen LogP) is 3.55. The molecule has 9 nitrogen and oxygen atoms in total. The minimum atomic E-state index is -3.69. The third-order valence-electron chi connectivity index (χ3n) is 5.52. The maximum atomic E-state index is 12.4. The topological polar surface area (TPSA) is 117 Å². The highest BCUT2D eigenvalue weighted by Gasteiger charge is 2.22. The van der Waals surface area contributed by atoms with Gasteiger partial charge in [-0.2, -0.15) is 5.10 Å². The van der Waals surface area contributed by atoms with Crippen LogP contribution in [0.2, 0.25) is 0 Å². The zero-order valence-electron chi connectivity index (χ0n) is 21.2. The van der Waals surface area contributed by atoms with E-state index < -0.39 is 22.5 Å². The quantitative estimate of drug-likeness (QED) is 0.312. The maximum absolute atomic E-state index is 12.4. The van der Waals surface area contributed by atoms with E-state index in [2.05, 4.69) is 15.8 Å². The van der Waals surface area contributed by atoms with Gasteiger partial charge in [-0.3, -0.25) is 13.9 Å². The first-order chi connectivity index (χ1) is 17.5. The number of amides is 2. The molecule has 0 radical (unpaired) electrons.